The number of anilines is 5. The number of thiazole rings is 1. The van der Waals surface area contributed by atoms with Crippen LogP contribution in [-0.4, -0.2) is 112 Å². The van der Waals surface area contributed by atoms with Gasteiger partial charge < -0.3 is 35.5 Å². The van der Waals surface area contributed by atoms with Crippen LogP contribution in [-0.2, 0) is 19.9 Å². The van der Waals surface area contributed by atoms with E-state index in [1.165, 1.54) is 17.8 Å². The molecule has 8 rings (SSSR count). The zero-order valence-electron chi connectivity index (χ0n) is 33.9. The van der Waals surface area contributed by atoms with Gasteiger partial charge in [-0.2, -0.15) is 4.98 Å². The smallest absolute Gasteiger partial charge is 0.268 e. The lowest BCUT2D eigenvalue weighted by atomic mass is 9.80. The van der Waals surface area contributed by atoms with E-state index in [4.69, 9.17) is 9.72 Å². The molecule has 0 radical (unpaired) electrons. The minimum atomic E-state index is -0.353. The van der Waals surface area contributed by atoms with Crippen LogP contribution in [0.1, 0.15) is 69.9 Å². The van der Waals surface area contributed by atoms with Gasteiger partial charge in [0, 0.05) is 55.7 Å². The van der Waals surface area contributed by atoms with Gasteiger partial charge in [-0.3, -0.25) is 29.4 Å². The molecular formula is C42H50N12O5S. The molecule has 1 saturated carbocycles. The minimum Gasteiger partial charge on any atom is -0.379 e. The fourth-order valence-corrected chi connectivity index (χ4v) is 8.94. The van der Waals surface area contributed by atoms with Crippen LogP contribution in [0.15, 0.2) is 54.9 Å². The van der Waals surface area contributed by atoms with Crippen LogP contribution in [0.5, 0.6) is 0 Å². The number of para-hydroxylation sites is 1. The van der Waals surface area contributed by atoms with Crippen molar-refractivity contribution in [2.24, 2.45) is 0 Å². The second-order valence-corrected chi connectivity index (χ2v) is 16.7. The number of fused-ring (bicyclic) bond motifs is 4. The SMILES string of the molecule is Cc1nc(NC(=O)c2ccccc2NC(=O)CCOCCNC(=O)CN2CCN(c3ccc(Nc4ncc5cc6n(c5n4)C4(CCCCC4)CNC6=O)nc3)CC2)sc1C. The van der Waals surface area contributed by atoms with Gasteiger partial charge in [-0.1, -0.05) is 31.4 Å². The number of aromatic nitrogens is 5. The Labute approximate surface area is 351 Å². The number of carbonyl (C=O) groups is 4. The van der Waals surface area contributed by atoms with Gasteiger partial charge in [0.25, 0.3) is 11.8 Å². The van der Waals surface area contributed by atoms with E-state index < -0.39 is 0 Å². The first kappa shape index (κ1) is 40.8. The van der Waals surface area contributed by atoms with Gasteiger partial charge >= 0.3 is 0 Å². The Bertz CT molecular complexity index is 2350. The van der Waals surface area contributed by atoms with Crippen molar-refractivity contribution in [1.29, 1.82) is 0 Å². The Morgan fingerprint density at radius 2 is 1.73 bits per heavy atom. The number of hydrogen-bond acceptors (Lipinski definition) is 13. The molecule has 2 aliphatic heterocycles. The third kappa shape index (κ3) is 9.25. The fourth-order valence-electron chi connectivity index (χ4n) is 8.13. The van der Waals surface area contributed by atoms with Crippen LogP contribution in [0.2, 0.25) is 0 Å². The maximum Gasteiger partial charge on any atom is 0.268 e. The number of rotatable bonds is 14. The van der Waals surface area contributed by atoms with Gasteiger partial charge in [-0.25, -0.2) is 15.0 Å². The molecule has 5 aromatic rings. The zero-order valence-corrected chi connectivity index (χ0v) is 34.7. The Hall–Kier alpha value is -5.98. The normalized spacial score (nSPS) is 16.3. The van der Waals surface area contributed by atoms with Crippen molar-refractivity contribution in [3.63, 3.8) is 0 Å². The summed E-state index contributed by atoms with van der Waals surface area (Å²) in [5.41, 5.74) is 3.87. The number of carbonyl (C=O) groups excluding carboxylic acids is 4. The highest BCUT2D eigenvalue weighted by Gasteiger charge is 2.41. The van der Waals surface area contributed by atoms with Crippen molar-refractivity contribution in [2.75, 3.05) is 79.9 Å². The van der Waals surface area contributed by atoms with Gasteiger partial charge in [0.1, 0.15) is 17.2 Å². The average molecular weight is 835 g/mol. The van der Waals surface area contributed by atoms with E-state index in [0.29, 0.717) is 46.9 Å². The van der Waals surface area contributed by atoms with Crippen LogP contribution in [0.4, 0.5) is 28.3 Å². The van der Waals surface area contributed by atoms with Crippen LogP contribution < -0.4 is 31.5 Å². The lowest BCUT2D eigenvalue weighted by molar-refractivity contribution is -0.123. The van der Waals surface area contributed by atoms with E-state index in [-0.39, 0.29) is 55.3 Å². The standard InChI is InChI=1S/C42H50N12O5S/c1-27-28(2)60-41(47-27)51-38(57)31-8-4-5-9-32(31)48-35(55)12-20-59-21-15-43-36(56)25-52-16-18-53(19-17-52)30-10-11-34(44-24-30)49-40-45-23-29-22-33-39(58)46-26-42(13-6-3-7-14-42)54(33)37(29)50-40/h4-5,8-11,22-24H,3,6-7,12-21,25-26H2,1-2H3,(H,43,56)(H,46,58)(H,48,55)(H,47,51,57)(H,44,45,49,50). The van der Waals surface area contributed by atoms with Gasteiger partial charge in [0.2, 0.25) is 17.8 Å². The Morgan fingerprint density at radius 1 is 0.917 bits per heavy atom. The molecule has 314 valence electrons. The van der Waals surface area contributed by atoms with Crippen LogP contribution in [0, 0.1) is 13.8 Å². The van der Waals surface area contributed by atoms with Crippen LogP contribution in [0.25, 0.3) is 11.0 Å². The number of amides is 4. The number of aryl methyl sites for hydroxylation is 2. The van der Waals surface area contributed by atoms with Gasteiger partial charge in [-0.05, 0) is 57.0 Å². The maximum absolute atomic E-state index is 12.9. The second kappa shape index (κ2) is 18.1. The summed E-state index contributed by atoms with van der Waals surface area (Å²) in [5, 5.41) is 16.2. The minimum absolute atomic E-state index is 0.0687. The molecule has 0 atom stereocenters. The van der Waals surface area contributed by atoms with E-state index in [1.54, 1.807) is 30.5 Å². The van der Waals surface area contributed by atoms with E-state index >= 15 is 0 Å². The van der Waals surface area contributed by atoms with Gasteiger partial charge in [0.15, 0.2) is 5.13 Å². The summed E-state index contributed by atoms with van der Waals surface area (Å²) in [6.07, 6.45) is 9.19. The third-order valence-electron chi connectivity index (χ3n) is 11.4. The molecule has 5 N–H and O–H groups in total. The molecule has 3 aliphatic rings. The number of nitrogens with zero attached hydrogens (tertiary/aromatic N) is 7. The number of nitrogens with one attached hydrogen (secondary N) is 5. The predicted octanol–water partition coefficient (Wildman–Crippen LogP) is 4.58. The lowest BCUT2D eigenvalue weighted by Gasteiger charge is -2.42. The molecule has 1 aliphatic carbocycles. The molecule has 18 heteroatoms. The molecule has 17 nitrogen and oxygen atoms in total. The first-order valence-electron chi connectivity index (χ1n) is 20.5. The highest BCUT2D eigenvalue weighted by atomic mass is 32.1. The van der Waals surface area contributed by atoms with Gasteiger partial charge in [-0.15, -0.1) is 11.3 Å². The first-order chi connectivity index (χ1) is 29.1. The predicted molar refractivity (Wildman–Crippen MR) is 230 cm³/mol. The molecule has 60 heavy (non-hydrogen) atoms. The molecule has 1 saturated heterocycles. The summed E-state index contributed by atoms with van der Waals surface area (Å²) in [6.45, 7) is 8.46. The first-order valence-corrected chi connectivity index (χ1v) is 21.3. The summed E-state index contributed by atoms with van der Waals surface area (Å²) >= 11 is 1.40. The topological polar surface area (TPSA) is 201 Å². The number of ether oxygens (including phenoxy) is 1. The monoisotopic (exact) mass is 834 g/mol. The molecule has 1 spiro atoms. The van der Waals surface area contributed by atoms with Crippen molar-refractivity contribution in [3.05, 3.63) is 76.7 Å². The van der Waals surface area contributed by atoms with E-state index in [9.17, 15) is 19.2 Å². The summed E-state index contributed by atoms with van der Waals surface area (Å²) < 4.78 is 7.76. The molecule has 4 amide bonds. The van der Waals surface area contributed by atoms with E-state index in [2.05, 4.69) is 55.9 Å². The molecule has 0 bridgehead atoms. The van der Waals surface area contributed by atoms with Crippen LogP contribution >= 0.6 is 11.3 Å². The Balaban J connectivity index is 0.731. The zero-order chi connectivity index (χ0) is 41.6. The van der Waals surface area contributed by atoms with Crippen molar-refractivity contribution in [1.82, 2.24) is 40.0 Å². The van der Waals surface area contributed by atoms with Crippen molar-refractivity contribution in [2.45, 2.75) is 57.9 Å². The largest absolute Gasteiger partial charge is 0.379 e. The van der Waals surface area contributed by atoms with Crippen molar-refractivity contribution in [3.8, 4) is 0 Å². The molecule has 1 aromatic carbocycles. The molecular weight excluding hydrogens is 785 g/mol. The van der Waals surface area contributed by atoms with Crippen LogP contribution in [0.3, 0.4) is 0 Å². The highest BCUT2D eigenvalue weighted by Crippen LogP contribution is 2.40. The Kier molecular flexibility index (Phi) is 12.3. The Morgan fingerprint density at radius 3 is 2.50 bits per heavy atom. The summed E-state index contributed by atoms with van der Waals surface area (Å²) in [5.74, 6) is 0.261. The molecule has 0 unspecified atom stereocenters. The number of piperazine rings is 1. The molecule has 4 aromatic heterocycles. The average Bonchev–Trinajstić information content (AvgIpc) is 3.80. The fraction of sp³-hybridized carbons (Fsp3) is 0.429. The number of hydrogen-bond donors (Lipinski definition) is 5. The molecule has 6 heterocycles. The van der Waals surface area contributed by atoms with E-state index in [0.717, 1.165) is 79.2 Å². The van der Waals surface area contributed by atoms with Crippen molar-refractivity contribution < 1.29 is 23.9 Å². The summed E-state index contributed by atoms with van der Waals surface area (Å²) in [7, 11) is 0. The summed E-state index contributed by atoms with van der Waals surface area (Å²) in [6, 6.07) is 12.6. The second-order valence-electron chi connectivity index (χ2n) is 15.5. The maximum atomic E-state index is 12.9. The lowest BCUT2D eigenvalue weighted by Crippen LogP contribution is -2.52. The third-order valence-corrected chi connectivity index (χ3v) is 12.4. The highest BCUT2D eigenvalue weighted by molar-refractivity contribution is 7.15. The summed E-state index contributed by atoms with van der Waals surface area (Å²) in [4.78, 5) is 74.8. The number of benzene rings is 1. The van der Waals surface area contributed by atoms with Crippen molar-refractivity contribution >= 4 is 74.3 Å². The molecule has 2 fully saturated rings. The quantitative estimate of drug-likeness (QED) is 0.0978. The van der Waals surface area contributed by atoms with E-state index in [1.807, 2.05) is 38.2 Å². The van der Waals surface area contributed by atoms with Gasteiger partial charge in [0.05, 0.1) is 60.5 Å². The number of pyridine rings is 1.